The highest BCUT2D eigenvalue weighted by Crippen LogP contribution is 2.24. The van der Waals surface area contributed by atoms with Crippen molar-refractivity contribution in [1.82, 2.24) is 14.9 Å². The maximum absolute atomic E-state index is 6.16. The highest BCUT2D eigenvalue weighted by Gasteiger charge is 2.12. The Bertz CT molecular complexity index is 1080. The summed E-state index contributed by atoms with van der Waals surface area (Å²) in [5.74, 6) is 9.12. The van der Waals surface area contributed by atoms with E-state index in [1.54, 1.807) is 7.11 Å². The summed E-state index contributed by atoms with van der Waals surface area (Å²) in [5, 5.41) is 11.4. The molecule has 0 fully saturated rings. The van der Waals surface area contributed by atoms with E-state index in [0.717, 1.165) is 17.1 Å². The fraction of sp³-hybridized carbons (Fsp3) is 0.143. The maximum atomic E-state index is 6.16. The van der Waals surface area contributed by atoms with Crippen LogP contribution in [0.15, 0.2) is 71.9 Å². The molecule has 3 aromatic carbocycles. The molecule has 7 heteroatoms. The average Bonchev–Trinajstić information content (AvgIpc) is 3.11. The topological polar surface area (TPSA) is 75.2 Å². The third kappa shape index (κ3) is 3.89. The zero-order valence-corrected chi connectivity index (χ0v) is 16.2. The van der Waals surface area contributed by atoms with E-state index in [2.05, 4.69) is 28.4 Å². The monoisotopic (exact) mass is 392 g/mol. The van der Waals surface area contributed by atoms with Crippen molar-refractivity contribution in [1.29, 1.82) is 0 Å². The third-order valence-electron chi connectivity index (χ3n) is 4.32. The van der Waals surface area contributed by atoms with E-state index in [9.17, 15) is 0 Å². The quantitative estimate of drug-likeness (QED) is 0.291. The Hall–Kier alpha value is -3.19. The number of nitrogens with two attached hydrogens (primary N) is 1. The molecule has 2 N–H and O–H groups in total. The molecule has 0 saturated carbocycles. The molecule has 142 valence electrons. The van der Waals surface area contributed by atoms with E-state index in [1.165, 1.54) is 27.2 Å². The fourth-order valence-electron chi connectivity index (χ4n) is 2.86. The zero-order valence-electron chi connectivity index (χ0n) is 15.4. The third-order valence-corrected chi connectivity index (χ3v) is 5.22. The lowest BCUT2D eigenvalue weighted by molar-refractivity contribution is 0.344. The first-order valence-corrected chi connectivity index (χ1v) is 9.82. The van der Waals surface area contributed by atoms with Crippen molar-refractivity contribution >= 4 is 22.5 Å². The van der Waals surface area contributed by atoms with E-state index in [-0.39, 0.29) is 0 Å². The normalized spacial score (nSPS) is 10.9. The SMILES string of the molecule is COc1ccc(-c2nnc(SCCOc3ccc4ccccc4c3)n2N)cc1. The van der Waals surface area contributed by atoms with Gasteiger partial charge in [0.15, 0.2) is 5.82 Å². The lowest BCUT2D eigenvalue weighted by Gasteiger charge is -2.07. The lowest BCUT2D eigenvalue weighted by Crippen LogP contribution is -2.12. The van der Waals surface area contributed by atoms with Gasteiger partial charge in [0.05, 0.1) is 13.7 Å². The molecule has 0 unspecified atom stereocenters. The summed E-state index contributed by atoms with van der Waals surface area (Å²) in [7, 11) is 1.63. The van der Waals surface area contributed by atoms with Crippen molar-refractivity contribution in [3.8, 4) is 22.9 Å². The summed E-state index contributed by atoms with van der Waals surface area (Å²) in [4.78, 5) is 0. The molecule has 0 amide bonds. The van der Waals surface area contributed by atoms with Crippen LogP contribution >= 0.6 is 11.8 Å². The molecule has 0 aliphatic heterocycles. The van der Waals surface area contributed by atoms with Crippen molar-refractivity contribution in [2.24, 2.45) is 0 Å². The number of methoxy groups -OCH3 is 1. The van der Waals surface area contributed by atoms with Crippen molar-refractivity contribution in [3.05, 3.63) is 66.7 Å². The summed E-state index contributed by atoms with van der Waals surface area (Å²) >= 11 is 1.51. The molecule has 0 saturated heterocycles. The first-order valence-electron chi connectivity index (χ1n) is 8.84. The number of hydrogen-bond acceptors (Lipinski definition) is 6. The Morgan fingerprint density at radius 2 is 1.68 bits per heavy atom. The van der Waals surface area contributed by atoms with Crippen LogP contribution in [0.25, 0.3) is 22.2 Å². The summed E-state index contributed by atoms with van der Waals surface area (Å²) < 4.78 is 12.5. The molecule has 4 rings (SSSR count). The molecule has 0 radical (unpaired) electrons. The molecule has 0 spiro atoms. The van der Waals surface area contributed by atoms with E-state index < -0.39 is 0 Å². The van der Waals surface area contributed by atoms with Gasteiger partial charge in [0.2, 0.25) is 5.16 Å². The number of nitrogen functional groups attached to an aromatic ring is 1. The molecule has 1 aromatic heterocycles. The first kappa shape index (κ1) is 18.2. The molecular weight excluding hydrogens is 372 g/mol. The minimum absolute atomic E-state index is 0.549. The number of fused-ring (bicyclic) bond motifs is 1. The number of thioether (sulfide) groups is 1. The number of nitrogens with zero attached hydrogens (tertiary/aromatic N) is 3. The Kier molecular flexibility index (Phi) is 5.34. The zero-order chi connectivity index (χ0) is 19.3. The molecule has 6 nitrogen and oxygen atoms in total. The maximum Gasteiger partial charge on any atom is 0.210 e. The van der Waals surface area contributed by atoms with Gasteiger partial charge in [-0.1, -0.05) is 42.1 Å². The van der Waals surface area contributed by atoms with Crippen molar-refractivity contribution in [3.63, 3.8) is 0 Å². The lowest BCUT2D eigenvalue weighted by atomic mass is 10.1. The van der Waals surface area contributed by atoms with E-state index >= 15 is 0 Å². The van der Waals surface area contributed by atoms with E-state index in [0.29, 0.717) is 23.3 Å². The Balaban J connectivity index is 1.35. The molecule has 28 heavy (non-hydrogen) atoms. The van der Waals surface area contributed by atoms with Gasteiger partial charge in [-0.3, -0.25) is 0 Å². The van der Waals surface area contributed by atoms with Crippen LogP contribution in [0.3, 0.4) is 0 Å². The summed E-state index contributed by atoms with van der Waals surface area (Å²) in [6.07, 6.45) is 0. The van der Waals surface area contributed by atoms with Crippen LogP contribution < -0.4 is 15.3 Å². The van der Waals surface area contributed by atoms with E-state index in [4.69, 9.17) is 15.3 Å². The standard InChI is InChI=1S/C21H20N4O2S/c1-26-18-9-7-16(8-10-18)20-23-24-21(25(20)22)28-13-12-27-19-11-6-15-4-2-3-5-17(15)14-19/h2-11,14H,12-13,22H2,1H3. The predicted octanol–water partition coefficient (Wildman–Crippen LogP) is 3.99. The number of ether oxygens (including phenoxy) is 2. The van der Waals surface area contributed by atoms with Crippen molar-refractivity contribution in [2.45, 2.75) is 5.16 Å². The van der Waals surface area contributed by atoms with Crippen LogP contribution in [-0.4, -0.2) is 34.3 Å². The second-order valence-corrected chi connectivity index (χ2v) is 7.17. The molecule has 0 atom stereocenters. The highest BCUT2D eigenvalue weighted by molar-refractivity contribution is 7.99. The average molecular weight is 392 g/mol. The van der Waals surface area contributed by atoms with Gasteiger partial charge in [-0.15, -0.1) is 10.2 Å². The predicted molar refractivity (Wildman–Crippen MR) is 112 cm³/mol. The van der Waals surface area contributed by atoms with Gasteiger partial charge in [-0.2, -0.15) is 0 Å². The Morgan fingerprint density at radius 1 is 0.929 bits per heavy atom. The minimum Gasteiger partial charge on any atom is -0.497 e. The summed E-state index contributed by atoms with van der Waals surface area (Å²) in [6, 6.07) is 21.9. The van der Waals surface area contributed by atoms with Crippen LogP contribution in [0.2, 0.25) is 0 Å². The highest BCUT2D eigenvalue weighted by atomic mass is 32.2. The summed E-state index contributed by atoms with van der Waals surface area (Å²) in [5.41, 5.74) is 0.884. The van der Waals surface area contributed by atoms with E-state index in [1.807, 2.05) is 48.5 Å². The fourth-order valence-corrected chi connectivity index (χ4v) is 3.54. The van der Waals surface area contributed by atoms with Gasteiger partial charge in [-0.25, -0.2) is 4.68 Å². The number of hydrogen-bond donors (Lipinski definition) is 1. The number of aromatic nitrogens is 3. The number of benzene rings is 3. The minimum atomic E-state index is 0.549. The van der Waals surface area contributed by atoms with Gasteiger partial charge in [0.1, 0.15) is 11.5 Å². The van der Waals surface area contributed by atoms with Crippen molar-refractivity contribution < 1.29 is 9.47 Å². The van der Waals surface area contributed by atoms with Crippen LogP contribution in [0.5, 0.6) is 11.5 Å². The second-order valence-electron chi connectivity index (χ2n) is 6.11. The smallest absolute Gasteiger partial charge is 0.210 e. The largest absolute Gasteiger partial charge is 0.497 e. The van der Waals surface area contributed by atoms with Crippen LogP contribution in [0.1, 0.15) is 0 Å². The molecule has 0 bridgehead atoms. The molecular formula is C21H20N4O2S. The Labute approximate surface area is 167 Å². The first-order chi connectivity index (χ1) is 13.7. The van der Waals surface area contributed by atoms with Crippen LogP contribution in [0, 0.1) is 0 Å². The van der Waals surface area contributed by atoms with Gasteiger partial charge in [-0.05, 0) is 47.2 Å². The molecule has 4 aromatic rings. The van der Waals surface area contributed by atoms with Crippen LogP contribution in [0.4, 0.5) is 0 Å². The van der Waals surface area contributed by atoms with Gasteiger partial charge in [0.25, 0.3) is 0 Å². The van der Waals surface area contributed by atoms with Crippen LogP contribution in [-0.2, 0) is 0 Å². The molecule has 0 aliphatic carbocycles. The molecule has 0 aliphatic rings. The summed E-state index contributed by atoms with van der Waals surface area (Å²) in [6.45, 7) is 0.549. The number of rotatable bonds is 7. The van der Waals surface area contributed by atoms with Gasteiger partial charge < -0.3 is 15.3 Å². The molecule has 1 heterocycles. The van der Waals surface area contributed by atoms with Crippen molar-refractivity contribution in [2.75, 3.05) is 25.3 Å². The Morgan fingerprint density at radius 3 is 2.46 bits per heavy atom. The van der Waals surface area contributed by atoms with Gasteiger partial charge in [0, 0.05) is 11.3 Å². The van der Waals surface area contributed by atoms with Gasteiger partial charge >= 0.3 is 0 Å². The second kappa shape index (κ2) is 8.22.